The standard InChI is InChI=1S/C8H16O2.C5H11NO2/c9-5-7-1-2-8(6-10)4-3-7;1-3(2)4(6)5(7)8/h7-10H,1-6H2;3-4H,6H2,1-2H3,(H,7,8)/t;4-/m.0/s1. The molecule has 108 valence electrons. The van der Waals surface area contributed by atoms with Crippen molar-refractivity contribution >= 4 is 5.97 Å². The average Bonchev–Trinajstić information content (AvgIpc) is 2.38. The molecule has 1 aliphatic carbocycles. The smallest absolute Gasteiger partial charge is 0.320 e. The highest BCUT2D eigenvalue weighted by atomic mass is 16.4. The Morgan fingerprint density at radius 3 is 1.56 bits per heavy atom. The molecule has 1 saturated carbocycles. The van der Waals surface area contributed by atoms with E-state index in [4.69, 9.17) is 21.1 Å². The van der Waals surface area contributed by atoms with Gasteiger partial charge in [0, 0.05) is 13.2 Å². The van der Waals surface area contributed by atoms with Gasteiger partial charge in [0.2, 0.25) is 0 Å². The van der Waals surface area contributed by atoms with Gasteiger partial charge in [-0.25, -0.2) is 0 Å². The Morgan fingerprint density at radius 1 is 1.11 bits per heavy atom. The summed E-state index contributed by atoms with van der Waals surface area (Å²) in [5, 5.41) is 25.8. The summed E-state index contributed by atoms with van der Waals surface area (Å²) >= 11 is 0. The van der Waals surface area contributed by atoms with Crippen LogP contribution < -0.4 is 5.73 Å². The summed E-state index contributed by atoms with van der Waals surface area (Å²) in [6.07, 6.45) is 4.40. The van der Waals surface area contributed by atoms with Gasteiger partial charge in [-0.15, -0.1) is 0 Å². The maximum Gasteiger partial charge on any atom is 0.320 e. The molecule has 0 bridgehead atoms. The molecule has 5 nitrogen and oxygen atoms in total. The molecule has 1 fully saturated rings. The van der Waals surface area contributed by atoms with Crippen molar-refractivity contribution in [2.24, 2.45) is 23.5 Å². The van der Waals surface area contributed by atoms with Gasteiger partial charge in [-0.1, -0.05) is 13.8 Å². The van der Waals surface area contributed by atoms with Gasteiger partial charge in [0.15, 0.2) is 0 Å². The summed E-state index contributed by atoms with van der Waals surface area (Å²) in [4.78, 5) is 10.0. The fourth-order valence-electron chi connectivity index (χ4n) is 1.88. The Morgan fingerprint density at radius 2 is 1.44 bits per heavy atom. The van der Waals surface area contributed by atoms with E-state index < -0.39 is 12.0 Å². The Kier molecular flexibility index (Phi) is 8.97. The monoisotopic (exact) mass is 261 g/mol. The largest absolute Gasteiger partial charge is 0.480 e. The van der Waals surface area contributed by atoms with E-state index in [1.807, 2.05) is 0 Å². The summed E-state index contributed by atoms with van der Waals surface area (Å²) in [6.45, 7) is 4.22. The third kappa shape index (κ3) is 6.93. The van der Waals surface area contributed by atoms with Crippen molar-refractivity contribution in [3.8, 4) is 0 Å². The number of aliphatic hydroxyl groups is 2. The lowest BCUT2D eigenvalue weighted by molar-refractivity contribution is -0.139. The molecule has 0 heterocycles. The van der Waals surface area contributed by atoms with Crippen LogP contribution in [0.15, 0.2) is 0 Å². The van der Waals surface area contributed by atoms with Crippen LogP contribution in [0.5, 0.6) is 0 Å². The van der Waals surface area contributed by atoms with E-state index in [1.165, 1.54) is 0 Å². The third-order valence-electron chi connectivity index (χ3n) is 3.49. The Bertz CT molecular complexity index is 213. The van der Waals surface area contributed by atoms with E-state index in [0.717, 1.165) is 25.7 Å². The van der Waals surface area contributed by atoms with E-state index in [9.17, 15) is 4.79 Å². The van der Waals surface area contributed by atoms with Crippen LogP contribution in [0.25, 0.3) is 0 Å². The lowest BCUT2D eigenvalue weighted by atomic mass is 9.83. The highest BCUT2D eigenvalue weighted by Gasteiger charge is 2.19. The molecule has 5 N–H and O–H groups in total. The molecule has 0 unspecified atom stereocenters. The number of carboxylic acids is 1. The van der Waals surface area contributed by atoms with E-state index in [2.05, 4.69) is 0 Å². The topological polar surface area (TPSA) is 104 Å². The number of carbonyl (C=O) groups is 1. The number of rotatable bonds is 4. The van der Waals surface area contributed by atoms with Crippen molar-refractivity contribution in [2.45, 2.75) is 45.6 Å². The molecule has 0 amide bonds. The molecule has 0 aromatic heterocycles. The van der Waals surface area contributed by atoms with Crippen molar-refractivity contribution in [2.75, 3.05) is 13.2 Å². The van der Waals surface area contributed by atoms with Crippen LogP contribution in [0.1, 0.15) is 39.5 Å². The van der Waals surface area contributed by atoms with Crippen molar-refractivity contribution in [1.29, 1.82) is 0 Å². The second-order valence-corrected chi connectivity index (χ2v) is 5.36. The molecule has 1 atom stereocenters. The summed E-state index contributed by atoms with van der Waals surface area (Å²) in [6, 6.07) is -0.713. The molecule has 5 heteroatoms. The molecule has 0 aromatic rings. The average molecular weight is 261 g/mol. The number of hydrogen-bond acceptors (Lipinski definition) is 4. The summed E-state index contributed by atoms with van der Waals surface area (Å²) in [5.41, 5.74) is 5.16. The van der Waals surface area contributed by atoms with E-state index >= 15 is 0 Å². The first-order valence-corrected chi connectivity index (χ1v) is 6.62. The van der Waals surface area contributed by atoms with Gasteiger partial charge in [-0.2, -0.15) is 0 Å². The fourth-order valence-corrected chi connectivity index (χ4v) is 1.88. The van der Waals surface area contributed by atoms with Crippen LogP contribution in [0.2, 0.25) is 0 Å². The minimum Gasteiger partial charge on any atom is -0.480 e. The zero-order chi connectivity index (χ0) is 14.1. The molecule has 18 heavy (non-hydrogen) atoms. The molecule has 0 radical (unpaired) electrons. The van der Waals surface area contributed by atoms with Crippen LogP contribution in [-0.2, 0) is 4.79 Å². The lowest BCUT2D eigenvalue weighted by Crippen LogP contribution is -2.34. The molecule has 0 saturated heterocycles. The van der Waals surface area contributed by atoms with Gasteiger partial charge < -0.3 is 21.1 Å². The SMILES string of the molecule is CC(C)[C@H](N)C(=O)O.OCC1CCC(CO)CC1. The quantitative estimate of drug-likeness (QED) is 0.600. The first kappa shape index (κ1) is 17.4. The maximum absolute atomic E-state index is 10.0. The summed E-state index contributed by atoms with van der Waals surface area (Å²) < 4.78 is 0. The summed E-state index contributed by atoms with van der Waals surface area (Å²) in [5.74, 6) is 0.123. The zero-order valence-electron chi connectivity index (χ0n) is 11.4. The number of hydrogen-bond donors (Lipinski definition) is 4. The first-order valence-electron chi connectivity index (χ1n) is 6.62. The van der Waals surface area contributed by atoms with E-state index in [1.54, 1.807) is 13.8 Å². The molecular formula is C13H27NO4. The van der Waals surface area contributed by atoms with E-state index in [-0.39, 0.29) is 5.92 Å². The van der Waals surface area contributed by atoms with Gasteiger partial charge in [0.1, 0.15) is 6.04 Å². The highest BCUT2D eigenvalue weighted by Crippen LogP contribution is 2.27. The second kappa shape index (κ2) is 9.30. The Labute approximate surface area is 109 Å². The molecule has 1 rings (SSSR count). The van der Waals surface area contributed by atoms with E-state index in [0.29, 0.717) is 25.0 Å². The normalized spacial score (nSPS) is 25.2. The third-order valence-corrected chi connectivity index (χ3v) is 3.49. The second-order valence-electron chi connectivity index (χ2n) is 5.36. The Hall–Kier alpha value is -0.650. The maximum atomic E-state index is 10.0. The molecule has 0 aromatic carbocycles. The van der Waals surface area contributed by atoms with Gasteiger partial charge in [-0.3, -0.25) is 4.79 Å². The number of aliphatic hydroxyl groups excluding tert-OH is 2. The predicted octanol–water partition coefficient (Wildman–Crippen LogP) is 0.832. The molecule has 0 aliphatic heterocycles. The number of carboxylic acid groups (broad SMARTS) is 1. The van der Waals surface area contributed by atoms with Gasteiger partial charge >= 0.3 is 5.97 Å². The highest BCUT2D eigenvalue weighted by molar-refractivity contribution is 5.73. The molecule has 0 spiro atoms. The summed E-state index contributed by atoms with van der Waals surface area (Å²) in [7, 11) is 0. The van der Waals surface area contributed by atoms with Crippen LogP contribution in [0.3, 0.4) is 0 Å². The van der Waals surface area contributed by atoms with Crippen LogP contribution in [0, 0.1) is 17.8 Å². The molecular weight excluding hydrogens is 234 g/mol. The minimum atomic E-state index is -0.931. The van der Waals surface area contributed by atoms with Crippen LogP contribution in [0.4, 0.5) is 0 Å². The van der Waals surface area contributed by atoms with Crippen molar-refractivity contribution < 1.29 is 20.1 Å². The zero-order valence-corrected chi connectivity index (χ0v) is 11.4. The minimum absolute atomic E-state index is 0.0208. The van der Waals surface area contributed by atoms with Crippen LogP contribution >= 0.6 is 0 Å². The fraction of sp³-hybridized carbons (Fsp3) is 0.923. The van der Waals surface area contributed by atoms with Gasteiger partial charge in [-0.05, 0) is 43.4 Å². The lowest BCUT2D eigenvalue weighted by Gasteiger charge is -2.25. The Balaban J connectivity index is 0.000000331. The van der Waals surface area contributed by atoms with Gasteiger partial charge in [0.05, 0.1) is 0 Å². The number of aliphatic carboxylic acids is 1. The molecule has 1 aliphatic rings. The van der Waals surface area contributed by atoms with Crippen molar-refractivity contribution in [3.05, 3.63) is 0 Å². The van der Waals surface area contributed by atoms with Crippen molar-refractivity contribution in [1.82, 2.24) is 0 Å². The van der Waals surface area contributed by atoms with Gasteiger partial charge in [0.25, 0.3) is 0 Å². The predicted molar refractivity (Wildman–Crippen MR) is 70.1 cm³/mol. The number of nitrogens with two attached hydrogens (primary N) is 1. The van der Waals surface area contributed by atoms with Crippen LogP contribution in [-0.4, -0.2) is 40.5 Å². The van der Waals surface area contributed by atoms with Crippen molar-refractivity contribution in [3.63, 3.8) is 0 Å². The first-order chi connectivity index (χ1) is 8.42.